The Labute approximate surface area is 98.7 Å². The van der Waals surface area contributed by atoms with Crippen LogP contribution in [0.25, 0.3) is 0 Å². The van der Waals surface area contributed by atoms with Gasteiger partial charge in [0, 0.05) is 11.0 Å². The van der Waals surface area contributed by atoms with Crippen LogP contribution in [0.1, 0.15) is 13.8 Å². The second-order valence-corrected chi connectivity index (χ2v) is 7.42. The molecule has 5 heteroatoms. The summed E-state index contributed by atoms with van der Waals surface area (Å²) in [5, 5.41) is 0. The van der Waals surface area contributed by atoms with Gasteiger partial charge in [0.2, 0.25) is 0 Å². The molecule has 0 spiro atoms. The normalized spacial score (nSPS) is 12.8. The molecule has 0 saturated carbocycles. The summed E-state index contributed by atoms with van der Waals surface area (Å²) in [4.78, 5) is 0.307. The fourth-order valence-electron chi connectivity index (χ4n) is 1.04. The van der Waals surface area contributed by atoms with Gasteiger partial charge in [-0.2, -0.15) is 0 Å². The Kier molecular flexibility index (Phi) is 3.58. The lowest BCUT2D eigenvalue weighted by Gasteiger charge is -2.22. The molecule has 0 unspecified atom stereocenters. The molecule has 2 N–H and O–H groups in total. The van der Waals surface area contributed by atoms with Gasteiger partial charge in [-0.3, -0.25) is 0 Å². The number of halogens is 1. The molecule has 0 atom stereocenters. The number of hydrogen-bond donors (Lipinski definition) is 1. The van der Waals surface area contributed by atoms with Crippen molar-refractivity contribution in [3.8, 4) is 0 Å². The first-order valence-electron chi connectivity index (χ1n) is 4.51. The van der Waals surface area contributed by atoms with Gasteiger partial charge in [0.15, 0.2) is 9.84 Å². The van der Waals surface area contributed by atoms with Crippen LogP contribution in [0.15, 0.2) is 33.6 Å². The van der Waals surface area contributed by atoms with E-state index in [0.29, 0.717) is 4.90 Å². The number of rotatable bonds is 3. The largest absolute Gasteiger partial charge is 0.329 e. The lowest BCUT2D eigenvalue weighted by atomic mass is 10.2. The minimum atomic E-state index is -3.35. The van der Waals surface area contributed by atoms with E-state index in [1.54, 1.807) is 38.1 Å². The van der Waals surface area contributed by atoms with E-state index < -0.39 is 14.6 Å². The maximum Gasteiger partial charge on any atom is 0.184 e. The van der Waals surface area contributed by atoms with Gasteiger partial charge in [0.1, 0.15) is 0 Å². The number of benzene rings is 1. The van der Waals surface area contributed by atoms with Gasteiger partial charge < -0.3 is 5.73 Å². The molecule has 0 aliphatic heterocycles. The first-order chi connectivity index (χ1) is 6.81. The second kappa shape index (κ2) is 4.23. The molecule has 0 saturated heterocycles. The van der Waals surface area contributed by atoms with Gasteiger partial charge in [-0.25, -0.2) is 8.42 Å². The molecule has 84 valence electrons. The molecule has 0 amide bonds. The van der Waals surface area contributed by atoms with E-state index in [1.165, 1.54) is 0 Å². The van der Waals surface area contributed by atoms with Crippen LogP contribution in [-0.2, 0) is 9.84 Å². The van der Waals surface area contributed by atoms with E-state index in [4.69, 9.17) is 5.73 Å². The standard InChI is InChI=1S/C10H14BrNO2S/c1-10(2,7-12)15(13,14)9-5-3-8(11)4-6-9/h3-6H,7,12H2,1-2H3. The Morgan fingerprint density at radius 1 is 1.27 bits per heavy atom. The van der Waals surface area contributed by atoms with Crippen LogP contribution < -0.4 is 5.73 Å². The zero-order chi connectivity index (χ0) is 11.7. The van der Waals surface area contributed by atoms with Gasteiger partial charge in [0.25, 0.3) is 0 Å². The molecule has 0 bridgehead atoms. The van der Waals surface area contributed by atoms with E-state index in [0.717, 1.165) is 4.47 Å². The smallest absolute Gasteiger partial charge is 0.184 e. The molecule has 0 heterocycles. The van der Waals surface area contributed by atoms with Gasteiger partial charge in [-0.1, -0.05) is 15.9 Å². The molecule has 0 radical (unpaired) electrons. The predicted molar refractivity (Wildman–Crippen MR) is 64.5 cm³/mol. The highest BCUT2D eigenvalue weighted by Crippen LogP contribution is 2.25. The first kappa shape index (κ1) is 12.7. The highest BCUT2D eigenvalue weighted by Gasteiger charge is 2.34. The van der Waals surface area contributed by atoms with Crippen molar-refractivity contribution >= 4 is 25.8 Å². The zero-order valence-electron chi connectivity index (χ0n) is 8.70. The lowest BCUT2D eigenvalue weighted by Crippen LogP contribution is -2.39. The van der Waals surface area contributed by atoms with Crippen molar-refractivity contribution in [2.24, 2.45) is 5.73 Å². The Bertz CT molecular complexity index is 437. The van der Waals surface area contributed by atoms with Crippen molar-refractivity contribution in [1.82, 2.24) is 0 Å². The first-order valence-corrected chi connectivity index (χ1v) is 6.79. The summed E-state index contributed by atoms with van der Waals surface area (Å²) in [5.74, 6) is 0. The minimum absolute atomic E-state index is 0.103. The third-order valence-corrected chi connectivity index (χ3v) is 5.39. The van der Waals surface area contributed by atoms with Crippen LogP contribution in [0.2, 0.25) is 0 Å². The summed E-state index contributed by atoms with van der Waals surface area (Å²) in [6.07, 6.45) is 0. The van der Waals surface area contributed by atoms with Gasteiger partial charge in [-0.15, -0.1) is 0 Å². The predicted octanol–water partition coefficient (Wildman–Crippen LogP) is 1.96. The lowest BCUT2D eigenvalue weighted by molar-refractivity contribution is 0.549. The van der Waals surface area contributed by atoms with Crippen molar-refractivity contribution in [1.29, 1.82) is 0 Å². The molecule has 1 aromatic rings. The van der Waals surface area contributed by atoms with Crippen LogP contribution >= 0.6 is 15.9 Å². The van der Waals surface area contributed by atoms with Gasteiger partial charge >= 0.3 is 0 Å². The third-order valence-electron chi connectivity index (χ3n) is 2.34. The van der Waals surface area contributed by atoms with Crippen molar-refractivity contribution in [2.75, 3.05) is 6.54 Å². The summed E-state index contributed by atoms with van der Waals surface area (Å²) in [6, 6.07) is 6.58. The van der Waals surface area contributed by atoms with Crippen LogP contribution in [-0.4, -0.2) is 19.7 Å². The highest BCUT2D eigenvalue weighted by molar-refractivity contribution is 9.10. The van der Waals surface area contributed by atoms with Crippen molar-refractivity contribution in [2.45, 2.75) is 23.5 Å². The second-order valence-electron chi connectivity index (χ2n) is 3.92. The van der Waals surface area contributed by atoms with Crippen LogP contribution in [0.5, 0.6) is 0 Å². The van der Waals surface area contributed by atoms with Crippen LogP contribution in [0.4, 0.5) is 0 Å². The van der Waals surface area contributed by atoms with E-state index in [-0.39, 0.29) is 6.54 Å². The van der Waals surface area contributed by atoms with Crippen molar-refractivity contribution in [3.05, 3.63) is 28.7 Å². The molecule has 0 aromatic heterocycles. The molecular weight excluding hydrogens is 278 g/mol. The average Bonchev–Trinajstić information content (AvgIpc) is 2.18. The Morgan fingerprint density at radius 3 is 2.13 bits per heavy atom. The summed E-state index contributed by atoms with van der Waals surface area (Å²) in [5.41, 5.74) is 5.47. The molecule has 1 aromatic carbocycles. The Morgan fingerprint density at radius 2 is 1.73 bits per heavy atom. The molecule has 3 nitrogen and oxygen atoms in total. The van der Waals surface area contributed by atoms with Crippen molar-refractivity contribution in [3.63, 3.8) is 0 Å². The minimum Gasteiger partial charge on any atom is -0.329 e. The summed E-state index contributed by atoms with van der Waals surface area (Å²) in [7, 11) is -3.35. The summed E-state index contributed by atoms with van der Waals surface area (Å²) >= 11 is 3.26. The van der Waals surface area contributed by atoms with Crippen LogP contribution in [0, 0.1) is 0 Å². The van der Waals surface area contributed by atoms with E-state index in [1.807, 2.05) is 0 Å². The Hall–Kier alpha value is -0.390. The molecular formula is C10H14BrNO2S. The topological polar surface area (TPSA) is 60.2 Å². The fourth-order valence-corrected chi connectivity index (χ4v) is 2.66. The quantitative estimate of drug-likeness (QED) is 0.926. The van der Waals surface area contributed by atoms with Gasteiger partial charge in [0.05, 0.1) is 9.64 Å². The molecule has 0 aliphatic rings. The zero-order valence-corrected chi connectivity index (χ0v) is 11.1. The fraction of sp³-hybridized carbons (Fsp3) is 0.400. The summed E-state index contributed by atoms with van der Waals surface area (Å²) < 4.78 is 24.1. The number of nitrogens with two attached hydrogens (primary N) is 1. The monoisotopic (exact) mass is 291 g/mol. The van der Waals surface area contributed by atoms with Crippen LogP contribution in [0.3, 0.4) is 0 Å². The molecule has 15 heavy (non-hydrogen) atoms. The SMILES string of the molecule is CC(C)(CN)S(=O)(=O)c1ccc(Br)cc1. The number of sulfone groups is 1. The van der Waals surface area contributed by atoms with Crippen molar-refractivity contribution < 1.29 is 8.42 Å². The summed E-state index contributed by atoms with van der Waals surface area (Å²) in [6.45, 7) is 3.36. The van der Waals surface area contributed by atoms with E-state index in [2.05, 4.69) is 15.9 Å². The molecule has 0 aliphatic carbocycles. The molecule has 0 fully saturated rings. The maximum atomic E-state index is 12.1. The Balaban J connectivity index is 3.24. The van der Waals surface area contributed by atoms with Gasteiger partial charge in [-0.05, 0) is 38.1 Å². The number of hydrogen-bond acceptors (Lipinski definition) is 3. The molecule has 1 rings (SSSR count). The third kappa shape index (κ3) is 2.41. The maximum absolute atomic E-state index is 12.1. The average molecular weight is 292 g/mol. The highest BCUT2D eigenvalue weighted by atomic mass is 79.9. The van der Waals surface area contributed by atoms with E-state index >= 15 is 0 Å². The van der Waals surface area contributed by atoms with E-state index in [9.17, 15) is 8.42 Å².